The molecule has 3 N–H and O–H groups in total. The van der Waals surface area contributed by atoms with Gasteiger partial charge in [-0.2, -0.15) is 0 Å². The van der Waals surface area contributed by atoms with Crippen molar-refractivity contribution in [1.82, 2.24) is 5.31 Å². The third kappa shape index (κ3) is 2.22. The Morgan fingerprint density at radius 2 is 3.08 bits per heavy atom. The molecule has 0 saturated carbocycles. The molecule has 12 heavy (non-hydrogen) atoms. The first-order valence-electron chi connectivity index (χ1n) is 9.12. The SMILES string of the molecule is [2H]Oc1c([2H])c([2H])c([2H])c([C@@]([2H])(O[2H])C([2H])([2H])N([2H])C([2H])([2H])[2H])c1[2H]. The molecule has 0 spiro atoms. The minimum absolute atomic E-state index is 0.639. The Labute approximate surface area is 90.2 Å². The zero-order valence-corrected chi connectivity index (χ0v) is 5.76. The smallest absolute Gasteiger partial charge is 0.293 e. The average Bonchev–Trinajstić information content (AvgIpc) is 2.51. The van der Waals surface area contributed by atoms with Gasteiger partial charge in [-0.25, -0.2) is 0 Å². The fourth-order valence-electron chi connectivity index (χ4n) is 0.547. The topological polar surface area (TPSA) is 52.5 Å². The lowest BCUT2D eigenvalue weighted by atomic mass is 10.1. The first-order valence-corrected chi connectivity index (χ1v) is 2.86. The van der Waals surface area contributed by atoms with E-state index in [2.05, 4.69) is 10.2 Å². The minimum atomic E-state index is -3.60. The summed E-state index contributed by atoms with van der Waals surface area (Å²) in [5.41, 5.74) is -1.13. The maximum absolute atomic E-state index is 8.05. The minimum Gasteiger partial charge on any atom is -0.508 e. The molecule has 1 aromatic carbocycles. The fourth-order valence-corrected chi connectivity index (χ4v) is 0.547. The maximum atomic E-state index is 8.05. The van der Waals surface area contributed by atoms with Gasteiger partial charge >= 0.3 is 0 Å². The van der Waals surface area contributed by atoms with Crippen molar-refractivity contribution in [2.45, 2.75) is 6.08 Å². The van der Waals surface area contributed by atoms with Gasteiger partial charge in [0.1, 0.15) is 7.16 Å². The van der Waals surface area contributed by atoms with Crippen molar-refractivity contribution in [3.63, 3.8) is 0 Å². The molecule has 1 aromatic rings. The zero-order chi connectivity index (χ0) is 20.0. The van der Waals surface area contributed by atoms with Crippen LogP contribution in [0.5, 0.6) is 5.75 Å². The number of hydrogen-bond donors (Lipinski definition) is 3. The molecule has 0 fully saturated rings. The van der Waals surface area contributed by atoms with E-state index < -0.39 is 60.3 Å². The largest absolute Gasteiger partial charge is 0.508 e. The second kappa shape index (κ2) is 4.09. The van der Waals surface area contributed by atoms with Gasteiger partial charge in [0.2, 0.25) is 1.43 Å². The number of nitrogens with one attached hydrogen (secondary N) is 1. The predicted octanol–water partition coefficient (Wildman–Crippen LogP) is 0.645. The molecule has 0 aromatic heterocycles. The van der Waals surface area contributed by atoms with Crippen molar-refractivity contribution in [1.29, 1.82) is 2.86 Å². The molecule has 66 valence electrons. The number of aromatic hydroxyl groups is 1. The van der Waals surface area contributed by atoms with E-state index in [-0.39, 0.29) is 0 Å². The Balaban J connectivity index is 3.84. The molecular weight excluding hydrogens is 154 g/mol. The Hall–Kier alpha value is -1.06. The number of rotatable bonds is 5. The van der Waals surface area contributed by atoms with E-state index in [9.17, 15) is 0 Å². The van der Waals surface area contributed by atoms with Crippen molar-refractivity contribution >= 4 is 0 Å². The van der Waals surface area contributed by atoms with Gasteiger partial charge in [0.25, 0.3) is 1.43 Å². The van der Waals surface area contributed by atoms with Crippen LogP contribution in [-0.2, 0) is 0 Å². The molecule has 0 aliphatic heterocycles. The molecule has 0 saturated heterocycles. The highest BCUT2D eigenvalue weighted by Gasteiger charge is 2.05. The zero-order valence-electron chi connectivity index (χ0n) is 18.8. The lowest BCUT2D eigenvalue weighted by Gasteiger charge is -2.09. The molecule has 0 heterocycles. The van der Waals surface area contributed by atoms with Crippen LogP contribution >= 0.6 is 0 Å². The summed E-state index contributed by atoms with van der Waals surface area (Å²) < 4.78 is 96.8. The highest BCUT2D eigenvalue weighted by Crippen LogP contribution is 2.17. The fraction of sp³-hybridized carbons (Fsp3) is 0.333. The summed E-state index contributed by atoms with van der Waals surface area (Å²) in [7, 11) is 0. The Morgan fingerprint density at radius 3 is 3.83 bits per heavy atom. The summed E-state index contributed by atoms with van der Waals surface area (Å²) in [6.45, 7) is -6.98. The van der Waals surface area contributed by atoms with Crippen LogP contribution in [0.2, 0.25) is 1.41 Å². The highest BCUT2D eigenvalue weighted by atomic mass is 16.3. The summed E-state index contributed by atoms with van der Waals surface area (Å²) in [4.78, 5) is 0. The van der Waals surface area contributed by atoms with Crippen molar-refractivity contribution in [2.24, 2.45) is 0 Å². The number of hydrogen-bond acceptors (Lipinski definition) is 3. The summed E-state index contributed by atoms with van der Waals surface area (Å²) in [5.74, 6) is -0.911. The van der Waals surface area contributed by atoms with E-state index in [1.807, 2.05) is 0 Å². The Morgan fingerprint density at radius 1 is 2.08 bits per heavy atom. The van der Waals surface area contributed by atoms with Gasteiger partial charge in [-0.1, -0.05) is 12.1 Å². The Kier molecular flexibility index (Phi) is 0.643. The van der Waals surface area contributed by atoms with Crippen LogP contribution in [0, 0.1) is 0 Å². The summed E-state index contributed by atoms with van der Waals surface area (Å²) >= 11 is 0. The molecule has 1 atom stereocenters. The molecule has 0 unspecified atom stereocenters. The molecule has 0 amide bonds. The molecule has 0 aliphatic carbocycles. The monoisotopic (exact) mass is 180 g/mol. The normalized spacial score (nSPS) is 33.2. The van der Waals surface area contributed by atoms with Crippen molar-refractivity contribution in [3.05, 3.63) is 29.7 Å². The van der Waals surface area contributed by atoms with Crippen molar-refractivity contribution in [2.75, 3.05) is 13.5 Å². The third-order valence-corrected chi connectivity index (χ3v) is 0.987. The van der Waals surface area contributed by atoms with Crippen LogP contribution in [0.1, 0.15) is 25.4 Å². The number of likely N-dealkylation sites (N-methyl/N-ethyl adjacent to an activating group) is 1. The molecule has 3 nitrogen and oxygen atoms in total. The molecule has 0 bridgehead atoms. The molecule has 0 radical (unpaired) electrons. The standard InChI is InChI=1S/C9H13NO2/c1-10-6-9(12)7-3-2-4-8(11)5-7/h2-5,9-12H,6H2,1H3/t9-/m0/s1/i1D3,2D,3D,4D,5D,6D2,9D,12D/hD2. The van der Waals surface area contributed by atoms with Gasteiger partial charge in [-0.05, 0) is 24.6 Å². The lowest BCUT2D eigenvalue weighted by Crippen LogP contribution is -2.16. The van der Waals surface area contributed by atoms with Crippen molar-refractivity contribution in [3.8, 4) is 5.75 Å². The average molecular weight is 180 g/mol. The van der Waals surface area contributed by atoms with Gasteiger partial charge in [0.05, 0.1) is 12.9 Å². The van der Waals surface area contributed by atoms with E-state index >= 15 is 0 Å². The van der Waals surface area contributed by atoms with Gasteiger partial charge in [-0.3, -0.25) is 0 Å². The van der Waals surface area contributed by atoms with Crippen LogP contribution < -0.4 is 5.31 Å². The van der Waals surface area contributed by atoms with E-state index in [1.54, 1.807) is 0 Å². The second-order valence-electron chi connectivity index (χ2n) is 1.76. The first-order chi connectivity index (χ1) is 11.2. The lowest BCUT2D eigenvalue weighted by molar-refractivity contribution is 0.177. The Bertz CT molecular complexity index is 662. The van der Waals surface area contributed by atoms with E-state index in [0.29, 0.717) is 0 Å². The number of phenolic OH excluding ortho intramolecular Hbond substituents is 1. The second-order valence-corrected chi connectivity index (χ2v) is 1.76. The highest BCUT2D eigenvalue weighted by molar-refractivity contribution is 5.28. The van der Waals surface area contributed by atoms with E-state index in [4.69, 9.17) is 18.0 Å². The molecule has 0 aliphatic rings. The molecule has 3 heteroatoms. The predicted molar refractivity (Wildman–Crippen MR) is 47.0 cm³/mol. The van der Waals surface area contributed by atoms with Crippen LogP contribution in [0.15, 0.2) is 24.2 Å². The summed E-state index contributed by atoms with van der Waals surface area (Å²) in [6, 6.07) is -3.96. The third-order valence-electron chi connectivity index (χ3n) is 0.987. The summed E-state index contributed by atoms with van der Waals surface area (Å²) in [6.07, 6.45) is -3.45. The molecular formula is C9H13NO2. The van der Waals surface area contributed by atoms with Crippen LogP contribution in [0.4, 0.5) is 0 Å². The summed E-state index contributed by atoms with van der Waals surface area (Å²) in [5, 5.41) is 7.36. The number of aliphatic hydroxyl groups is 1. The van der Waals surface area contributed by atoms with Crippen LogP contribution in [-0.4, -0.2) is 26.6 Å². The van der Waals surface area contributed by atoms with Gasteiger partial charge in [-0.15, -0.1) is 0 Å². The number of benzene rings is 1. The maximum Gasteiger partial charge on any atom is 0.293 e. The van der Waals surface area contributed by atoms with E-state index in [1.165, 1.54) is 0 Å². The van der Waals surface area contributed by atoms with Crippen LogP contribution in [0.3, 0.4) is 0 Å². The first kappa shape index (κ1) is 1.89. The van der Waals surface area contributed by atoms with Gasteiger partial charge in [0.15, 0.2) is 0 Å². The quantitative estimate of drug-likeness (QED) is 0.623. The van der Waals surface area contributed by atoms with Gasteiger partial charge < -0.3 is 15.5 Å². The van der Waals surface area contributed by atoms with Crippen LogP contribution in [0.25, 0.3) is 0 Å². The van der Waals surface area contributed by atoms with Gasteiger partial charge in [0, 0.05) is 13.4 Å². The number of phenols is 1. The molecule has 1 rings (SSSR count). The van der Waals surface area contributed by atoms with Crippen molar-refractivity contribution < 1.29 is 25.3 Å². The van der Waals surface area contributed by atoms with E-state index in [0.717, 1.165) is 0 Å².